The number of aliphatic hydroxyl groups is 1. The number of β-amino-alcohol motifs (C(OH)–C–C–N with tert-alkyl or cyclic N) is 1. The summed E-state index contributed by atoms with van der Waals surface area (Å²) in [5.41, 5.74) is 1.62. The Morgan fingerprint density at radius 1 is 1.56 bits per heavy atom. The zero-order chi connectivity index (χ0) is 11.9. The van der Waals surface area contributed by atoms with Crippen LogP contribution in [0.25, 0.3) is 0 Å². The van der Waals surface area contributed by atoms with Crippen LogP contribution in [0.2, 0.25) is 5.02 Å². The second-order valence-corrected chi connectivity index (χ2v) is 5.10. The highest BCUT2D eigenvalue weighted by atomic mass is 79.9. The summed E-state index contributed by atoms with van der Waals surface area (Å²) in [5.74, 6) is -0.0611. The molecule has 0 radical (unpaired) electrons. The lowest BCUT2D eigenvalue weighted by atomic mass is 10.2. The highest BCUT2D eigenvalue weighted by molar-refractivity contribution is 9.10. The quantitative estimate of drug-likeness (QED) is 0.866. The molecule has 5 heteroatoms. The van der Waals surface area contributed by atoms with Gasteiger partial charge in [0, 0.05) is 10.2 Å². The molecule has 1 aromatic carbocycles. The second kappa shape index (κ2) is 4.35. The average Bonchev–Trinajstić information content (AvgIpc) is 2.55. The Kier molecular flexibility index (Phi) is 3.24. The van der Waals surface area contributed by atoms with Crippen LogP contribution in [0.5, 0.6) is 0 Å². The van der Waals surface area contributed by atoms with Gasteiger partial charge in [0.2, 0.25) is 5.91 Å². The standard InChI is InChI=1S/C11H11BrClNO2/c1-6-9(3-2-8(12)11(6)13)14-5-7(15)4-10(14)16/h2-3,7,15H,4-5H2,1H3. The number of benzene rings is 1. The minimum absolute atomic E-state index is 0.0611. The molecular formula is C11H11BrClNO2. The van der Waals surface area contributed by atoms with Crippen LogP contribution in [0.4, 0.5) is 5.69 Å². The van der Waals surface area contributed by atoms with Gasteiger partial charge in [0.05, 0.1) is 24.1 Å². The fraction of sp³-hybridized carbons (Fsp3) is 0.364. The summed E-state index contributed by atoms with van der Waals surface area (Å²) in [6.07, 6.45) is -0.387. The van der Waals surface area contributed by atoms with E-state index in [0.29, 0.717) is 11.6 Å². The molecule has 0 bridgehead atoms. The van der Waals surface area contributed by atoms with Crippen LogP contribution in [0.1, 0.15) is 12.0 Å². The van der Waals surface area contributed by atoms with E-state index in [4.69, 9.17) is 11.6 Å². The van der Waals surface area contributed by atoms with Gasteiger partial charge in [-0.05, 0) is 40.5 Å². The monoisotopic (exact) mass is 303 g/mol. The van der Waals surface area contributed by atoms with Crippen molar-refractivity contribution in [3.63, 3.8) is 0 Å². The van der Waals surface area contributed by atoms with Crippen molar-refractivity contribution in [1.82, 2.24) is 0 Å². The first-order valence-electron chi connectivity index (χ1n) is 4.93. The molecule has 0 aromatic heterocycles. The Labute approximate surface area is 107 Å². The molecule has 1 aliphatic heterocycles. The summed E-state index contributed by atoms with van der Waals surface area (Å²) in [5, 5.41) is 10.0. The van der Waals surface area contributed by atoms with Crippen LogP contribution in [0, 0.1) is 6.92 Å². The highest BCUT2D eigenvalue weighted by Crippen LogP contribution is 2.34. The molecule has 1 unspecified atom stereocenters. The van der Waals surface area contributed by atoms with Gasteiger partial charge in [-0.25, -0.2) is 0 Å². The predicted octanol–water partition coefficient (Wildman–Crippen LogP) is 2.51. The van der Waals surface area contributed by atoms with E-state index in [2.05, 4.69) is 15.9 Å². The van der Waals surface area contributed by atoms with Gasteiger partial charge in [-0.15, -0.1) is 0 Å². The SMILES string of the molecule is Cc1c(N2CC(O)CC2=O)ccc(Br)c1Cl. The molecule has 16 heavy (non-hydrogen) atoms. The zero-order valence-electron chi connectivity index (χ0n) is 8.70. The van der Waals surface area contributed by atoms with Crippen molar-refractivity contribution in [2.45, 2.75) is 19.4 Å². The topological polar surface area (TPSA) is 40.5 Å². The Balaban J connectivity index is 2.42. The lowest BCUT2D eigenvalue weighted by Gasteiger charge is -2.19. The van der Waals surface area contributed by atoms with Crippen molar-refractivity contribution in [3.05, 3.63) is 27.2 Å². The van der Waals surface area contributed by atoms with Crippen molar-refractivity contribution in [1.29, 1.82) is 0 Å². The van der Waals surface area contributed by atoms with Crippen LogP contribution in [0.15, 0.2) is 16.6 Å². The molecule has 1 saturated heterocycles. The molecule has 1 fully saturated rings. The van der Waals surface area contributed by atoms with Gasteiger partial charge in [0.15, 0.2) is 0 Å². The molecule has 1 aromatic rings. The Hall–Kier alpha value is -0.580. The summed E-state index contributed by atoms with van der Waals surface area (Å²) < 4.78 is 0.808. The molecule has 0 aliphatic carbocycles. The number of aliphatic hydroxyl groups excluding tert-OH is 1. The molecule has 1 atom stereocenters. The van der Waals surface area contributed by atoms with Crippen LogP contribution in [-0.4, -0.2) is 23.7 Å². The van der Waals surface area contributed by atoms with E-state index in [1.165, 1.54) is 0 Å². The smallest absolute Gasteiger partial charge is 0.229 e. The van der Waals surface area contributed by atoms with Gasteiger partial charge in [-0.2, -0.15) is 0 Å². The van der Waals surface area contributed by atoms with Crippen molar-refractivity contribution < 1.29 is 9.90 Å². The maximum absolute atomic E-state index is 11.6. The van der Waals surface area contributed by atoms with Gasteiger partial charge in [-0.3, -0.25) is 4.79 Å². The molecule has 1 aliphatic rings. The lowest BCUT2D eigenvalue weighted by Crippen LogP contribution is -2.26. The number of carbonyl (C=O) groups excluding carboxylic acids is 1. The third-order valence-corrected chi connectivity index (χ3v) is 4.08. The Morgan fingerprint density at radius 2 is 2.25 bits per heavy atom. The number of amides is 1. The Morgan fingerprint density at radius 3 is 2.81 bits per heavy atom. The van der Waals surface area contributed by atoms with Crippen molar-refractivity contribution in [2.75, 3.05) is 11.4 Å². The number of carbonyl (C=O) groups is 1. The summed E-state index contributed by atoms with van der Waals surface area (Å²) in [6, 6.07) is 3.64. The third kappa shape index (κ3) is 1.97. The van der Waals surface area contributed by atoms with Gasteiger partial charge in [0.1, 0.15) is 0 Å². The first kappa shape index (κ1) is 11.9. The molecule has 3 nitrogen and oxygen atoms in total. The van der Waals surface area contributed by atoms with Crippen molar-refractivity contribution in [2.24, 2.45) is 0 Å². The summed E-state index contributed by atoms with van der Waals surface area (Å²) in [7, 11) is 0. The number of hydrogen-bond donors (Lipinski definition) is 1. The fourth-order valence-corrected chi connectivity index (χ4v) is 2.45. The van der Waals surface area contributed by atoms with Crippen LogP contribution in [-0.2, 0) is 4.79 Å². The second-order valence-electron chi connectivity index (χ2n) is 3.87. The number of anilines is 1. The maximum atomic E-state index is 11.6. The Bertz CT molecular complexity index is 450. The summed E-state index contributed by atoms with van der Waals surface area (Å²) in [6.45, 7) is 2.21. The van der Waals surface area contributed by atoms with Crippen molar-refractivity contribution in [3.8, 4) is 0 Å². The van der Waals surface area contributed by atoms with E-state index in [9.17, 15) is 9.90 Å². The van der Waals surface area contributed by atoms with Gasteiger partial charge < -0.3 is 10.0 Å². The van der Waals surface area contributed by atoms with E-state index < -0.39 is 6.10 Å². The van der Waals surface area contributed by atoms with Crippen LogP contribution < -0.4 is 4.90 Å². The molecule has 1 heterocycles. The number of halogens is 2. The normalized spacial score (nSPS) is 20.6. The number of nitrogens with zero attached hydrogens (tertiary/aromatic N) is 1. The van der Waals surface area contributed by atoms with Crippen LogP contribution in [0.3, 0.4) is 0 Å². The van der Waals surface area contributed by atoms with E-state index >= 15 is 0 Å². The zero-order valence-corrected chi connectivity index (χ0v) is 11.0. The summed E-state index contributed by atoms with van der Waals surface area (Å²) >= 11 is 9.43. The molecule has 0 spiro atoms. The number of hydrogen-bond acceptors (Lipinski definition) is 2. The first-order valence-corrected chi connectivity index (χ1v) is 6.11. The highest BCUT2D eigenvalue weighted by Gasteiger charge is 2.30. The van der Waals surface area contributed by atoms with E-state index in [1.807, 2.05) is 19.1 Å². The molecular weight excluding hydrogens is 293 g/mol. The van der Waals surface area contributed by atoms with Crippen LogP contribution >= 0.6 is 27.5 Å². The summed E-state index contributed by atoms with van der Waals surface area (Å²) in [4.78, 5) is 13.2. The average molecular weight is 305 g/mol. The minimum atomic E-state index is -0.575. The predicted molar refractivity (Wildman–Crippen MR) is 66.9 cm³/mol. The largest absolute Gasteiger partial charge is 0.391 e. The fourth-order valence-electron chi connectivity index (χ4n) is 1.86. The number of rotatable bonds is 1. The van der Waals surface area contributed by atoms with E-state index in [1.54, 1.807) is 4.90 Å². The third-order valence-electron chi connectivity index (χ3n) is 2.71. The van der Waals surface area contributed by atoms with Crippen molar-refractivity contribution >= 4 is 39.1 Å². The van der Waals surface area contributed by atoms with Gasteiger partial charge >= 0.3 is 0 Å². The first-order chi connectivity index (χ1) is 7.50. The van der Waals surface area contributed by atoms with Gasteiger partial charge in [-0.1, -0.05) is 11.6 Å². The van der Waals surface area contributed by atoms with Gasteiger partial charge in [0.25, 0.3) is 0 Å². The molecule has 0 saturated carbocycles. The van der Waals surface area contributed by atoms with E-state index in [0.717, 1.165) is 15.7 Å². The van der Waals surface area contributed by atoms with E-state index in [-0.39, 0.29) is 12.3 Å². The molecule has 2 rings (SSSR count). The molecule has 1 N–H and O–H groups in total. The maximum Gasteiger partial charge on any atom is 0.229 e. The molecule has 1 amide bonds. The minimum Gasteiger partial charge on any atom is -0.391 e. The lowest BCUT2D eigenvalue weighted by molar-refractivity contribution is -0.117. The molecule has 86 valence electrons.